The van der Waals surface area contributed by atoms with Gasteiger partial charge >= 0.3 is 6.03 Å². The molecule has 0 aliphatic carbocycles. The predicted molar refractivity (Wildman–Crippen MR) is 99.0 cm³/mol. The molecule has 138 valence electrons. The average Bonchev–Trinajstić information content (AvgIpc) is 2.67. The summed E-state index contributed by atoms with van der Waals surface area (Å²) in [6.07, 6.45) is 0.714. The highest BCUT2D eigenvalue weighted by molar-refractivity contribution is 5.74. The van der Waals surface area contributed by atoms with Crippen molar-refractivity contribution in [1.29, 1.82) is 0 Å². The number of ether oxygens (including phenoxy) is 3. The van der Waals surface area contributed by atoms with Crippen LogP contribution in [-0.2, 0) is 13.0 Å². The summed E-state index contributed by atoms with van der Waals surface area (Å²) in [6.45, 7) is 0.924. The lowest BCUT2D eigenvalue weighted by molar-refractivity contribution is 0.186. The summed E-state index contributed by atoms with van der Waals surface area (Å²) >= 11 is 0. The SMILES string of the molecule is COc1cccc(CN(C)C(=O)NC2COc3c(cccc3OC)C2)c1. The van der Waals surface area contributed by atoms with Crippen LogP contribution in [0.25, 0.3) is 0 Å². The van der Waals surface area contributed by atoms with E-state index in [0.717, 1.165) is 28.4 Å². The summed E-state index contributed by atoms with van der Waals surface area (Å²) in [5.74, 6) is 2.27. The number of urea groups is 1. The molecule has 1 N–H and O–H groups in total. The van der Waals surface area contributed by atoms with Crippen LogP contribution in [0.3, 0.4) is 0 Å². The molecule has 0 radical (unpaired) electrons. The van der Waals surface area contributed by atoms with Crippen LogP contribution in [0, 0.1) is 0 Å². The monoisotopic (exact) mass is 356 g/mol. The molecule has 1 heterocycles. The number of fused-ring (bicyclic) bond motifs is 1. The predicted octanol–water partition coefficient (Wildman–Crippen LogP) is 2.85. The highest BCUT2D eigenvalue weighted by Gasteiger charge is 2.24. The van der Waals surface area contributed by atoms with Crippen LogP contribution in [0.2, 0.25) is 0 Å². The number of nitrogens with zero attached hydrogens (tertiary/aromatic N) is 1. The second-order valence-electron chi connectivity index (χ2n) is 6.32. The van der Waals surface area contributed by atoms with E-state index >= 15 is 0 Å². The number of nitrogens with one attached hydrogen (secondary N) is 1. The minimum absolute atomic E-state index is 0.0742. The Labute approximate surface area is 153 Å². The summed E-state index contributed by atoms with van der Waals surface area (Å²) in [5.41, 5.74) is 2.05. The fourth-order valence-electron chi connectivity index (χ4n) is 3.05. The van der Waals surface area contributed by atoms with E-state index in [0.29, 0.717) is 19.6 Å². The summed E-state index contributed by atoms with van der Waals surface area (Å²) < 4.78 is 16.4. The molecule has 6 heteroatoms. The molecule has 0 saturated carbocycles. The minimum atomic E-state index is -0.132. The Kier molecular flexibility index (Phi) is 5.51. The van der Waals surface area contributed by atoms with E-state index < -0.39 is 0 Å². The van der Waals surface area contributed by atoms with Crippen LogP contribution in [0.1, 0.15) is 11.1 Å². The quantitative estimate of drug-likeness (QED) is 0.895. The molecule has 6 nitrogen and oxygen atoms in total. The van der Waals surface area contributed by atoms with Gasteiger partial charge in [0, 0.05) is 19.2 Å². The number of carbonyl (C=O) groups excluding carboxylic acids is 1. The molecule has 0 bridgehead atoms. The van der Waals surface area contributed by atoms with Crippen molar-refractivity contribution in [1.82, 2.24) is 10.2 Å². The maximum atomic E-state index is 12.5. The van der Waals surface area contributed by atoms with Gasteiger partial charge < -0.3 is 24.4 Å². The summed E-state index contributed by atoms with van der Waals surface area (Å²) in [7, 11) is 5.03. The van der Waals surface area contributed by atoms with Gasteiger partial charge in [0.25, 0.3) is 0 Å². The first-order chi connectivity index (χ1) is 12.6. The van der Waals surface area contributed by atoms with Crippen LogP contribution in [-0.4, -0.2) is 44.8 Å². The van der Waals surface area contributed by atoms with E-state index in [2.05, 4.69) is 5.32 Å². The van der Waals surface area contributed by atoms with Gasteiger partial charge in [0.05, 0.1) is 20.3 Å². The van der Waals surface area contributed by atoms with Crippen molar-refractivity contribution in [2.45, 2.75) is 19.0 Å². The van der Waals surface area contributed by atoms with E-state index in [-0.39, 0.29) is 12.1 Å². The summed E-state index contributed by atoms with van der Waals surface area (Å²) in [5, 5.41) is 3.04. The second kappa shape index (κ2) is 7.99. The number of hydrogen-bond donors (Lipinski definition) is 1. The fourth-order valence-corrected chi connectivity index (χ4v) is 3.05. The van der Waals surface area contributed by atoms with E-state index in [1.807, 2.05) is 42.5 Å². The van der Waals surface area contributed by atoms with Crippen LogP contribution in [0.4, 0.5) is 4.79 Å². The number of methoxy groups -OCH3 is 2. The molecule has 0 spiro atoms. The Morgan fingerprint density at radius 2 is 2.04 bits per heavy atom. The Hall–Kier alpha value is -2.89. The number of hydrogen-bond acceptors (Lipinski definition) is 4. The van der Waals surface area contributed by atoms with Crippen LogP contribution in [0.15, 0.2) is 42.5 Å². The summed E-state index contributed by atoms with van der Waals surface area (Å²) in [4.78, 5) is 14.2. The number of benzene rings is 2. The average molecular weight is 356 g/mol. The van der Waals surface area contributed by atoms with Crippen molar-refractivity contribution < 1.29 is 19.0 Å². The van der Waals surface area contributed by atoms with Crippen molar-refractivity contribution in [3.8, 4) is 17.2 Å². The third-order valence-corrected chi connectivity index (χ3v) is 4.40. The number of carbonyl (C=O) groups is 1. The lowest BCUT2D eigenvalue weighted by Crippen LogP contribution is -2.47. The number of amides is 2. The van der Waals surface area contributed by atoms with E-state index in [1.165, 1.54) is 0 Å². The molecule has 1 atom stereocenters. The zero-order valence-electron chi connectivity index (χ0n) is 15.3. The van der Waals surface area contributed by atoms with Gasteiger partial charge in [-0.3, -0.25) is 0 Å². The third kappa shape index (κ3) is 4.02. The van der Waals surface area contributed by atoms with Gasteiger partial charge in [0.2, 0.25) is 0 Å². The van der Waals surface area contributed by atoms with E-state index in [4.69, 9.17) is 14.2 Å². The van der Waals surface area contributed by atoms with Crippen molar-refractivity contribution in [3.63, 3.8) is 0 Å². The Morgan fingerprint density at radius 1 is 1.23 bits per heavy atom. The second-order valence-corrected chi connectivity index (χ2v) is 6.32. The van der Waals surface area contributed by atoms with Gasteiger partial charge in [-0.2, -0.15) is 0 Å². The first kappa shape index (κ1) is 17.9. The molecule has 0 fully saturated rings. The molecule has 1 unspecified atom stereocenters. The molecular formula is C20H24N2O4. The molecule has 1 aliphatic rings. The first-order valence-corrected chi connectivity index (χ1v) is 8.54. The van der Waals surface area contributed by atoms with Crippen molar-refractivity contribution in [2.75, 3.05) is 27.9 Å². The molecule has 3 rings (SSSR count). The van der Waals surface area contributed by atoms with Gasteiger partial charge in [-0.05, 0) is 30.2 Å². The van der Waals surface area contributed by atoms with Gasteiger partial charge in [-0.15, -0.1) is 0 Å². The highest BCUT2D eigenvalue weighted by Crippen LogP contribution is 2.34. The Morgan fingerprint density at radius 3 is 2.81 bits per heavy atom. The minimum Gasteiger partial charge on any atom is -0.497 e. The summed E-state index contributed by atoms with van der Waals surface area (Å²) in [6, 6.07) is 13.3. The maximum Gasteiger partial charge on any atom is 0.317 e. The zero-order valence-corrected chi connectivity index (χ0v) is 15.3. The topological polar surface area (TPSA) is 60.0 Å². The van der Waals surface area contributed by atoms with Crippen molar-refractivity contribution >= 4 is 6.03 Å². The van der Waals surface area contributed by atoms with E-state index in [9.17, 15) is 4.79 Å². The Bertz CT molecular complexity index is 778. The van der Waals surface area contributed by atoms with Crippen LogP contribution >= 0.6 is 0 Å². The van der Waals surface area contributed by atoms with E-state index in [1.54, 1.807) is 26.2 Å². The highest BCUT2D eigenvalue weighted by atomic mass is 16.5. The van der Waals surface area contributed by atoms with Gasteiger partial charge in [0.15, 0.2) is 11.5 Å². The Balaban J connectivity index is 1.59. The largest absolute Gasteiger partial charge is 0.497 e. The third-order valence-electron chi connectivity index (χ3n) is 4.40. The van der Waals surface area contributed by atoms with Crippen LogP contribution < -0.4 is 19.5 Å². The van der Waals surface area contributed by atoms with Crippen LogP contribution in [0.5, 0.6) is 17.2 Å². The first-order valence-electron chi connectivity index (χ1n) is 8.54. The molecule has 2 aromatic carbocycles. The molecule has 0 aromatic heterocycles. The molecule has 26 heavy (non-hydrogen) atoms. The fraction of sp³-hybridized carbons (Fsp3) is 0.350. The van der Waals surface area contributed by atoms with Gasteiger partial charge in [-0.1, -0.05) is 24.3 Å². The van der Waals surface area contributed by atoms with Crippen molar-refractivity contribution in [3.05, 3.63) is 53.6 Å². The lowest BCUT2D eigenvalue weighted by Gasteiger charge is -2.29. The number of para-hydroxylation sites is 1. The molecule has 0 saturated heterocycles. The van der Waals surface area contributed by atoms with Gasteiger partial charge in [-0.25, -0.2) is 4.79 Å². The molecule has 1 aliphatic heterocycles. The van der Waals surface area contributed by atoms with Crippen molar-refractivity contribution in [2.24, 2.45) is 0 Å². The zero-order chi connectivity index (χ0) is 18.5. The standard InChI is InChI=1S/C20H24N2O4/c1-22(12-14-6-4-8-17(10-14)24-2)20(23)21-16-11-15-7-5-9-18(25-3)19(15)26-13-16/h4-10,16H,11-13H2,1-3H3,(H,21,23). The molecule has 2 aromatic rings. The lowest BCUT2D eigenvalue weighted by atomic mass is 10.0. The smallest absolute Gasteiger partial charge is 0.317 e. The molecular weight excluding hydrogens is 332 g/mol. The normalized spacial score (nSPS) is 15.4. The number of rotatable bonds is 5. The van der Waals surface area contributed by atoms with Gasteiger partial charge in [0.1, 0.15) is 12.4 Å². The molecule has 2 amide bonds. The maximum absolute atomic E-state index is 12.5.